The van der Waals surface area contributed by atoms with Gasteiger partial charge in [0.2, 0.25) is 0 Å². The molecular formula is C13H18BNO2. The van der Waals surface area contributed by atoms with Crippen LogP contribution in [0.4, 0.5) is 0 Å². The number of hydrogen-bond donors (Lipinski definition) is 2. The summed E-state index contributed by atoms with van der Waals surface area (Å²) in [5, 5.41) is 18.5. The highest BCUT2D eigenvalue weighted by Crippen LogP contribution is 2.03. The summed E-state index contributed by atoms with van der Waals surface area (Å²) in [4.78, 5) is 2.11. The van der Waals surface area contributed by atoms with E-state index in [4.69, 9.17) is 0 Å². The van der Waals surface area contributed by atoms with Crippen molar-refractivity contribution in [1.82, 2.24) is 4.90 Å². The lowest BCUT2D eigenvalue weighted by Crippen LogP contribution is -2.35. The third-order valence-corrected chi connectivity index (χ3v) is 2.50. The van der Waals surface area contributed by atoms with Gasteiger partial charge in [0, 0.05) is 19.6 Å². The maximum Gasteiger partial charge on any atom is 0.488 e. The molecule has 4 heteroatoms. The molecule has 90 valence electrons. The van der Waals surface area contributed by atoms with Crippen LogP contribution in [0.25, 0.3) is 0 Å². The van der Waals surface area contributed by atoms with Crippen LogP contribution in [0, 0.1) is 0 Å². The molecule has 0 aliphatic rings. The minimum atomic E-state index is -1.43. The van der Waals surface area contributed by atoms with Gasteiger partial charge in [0.05, 0.1) is 0 Å². The molecule has 17 heavy (non-hydrogen) atoms. The molecule has 0 atom stereocenters. The molecule has 0 unspecified atom stereocenters. The molecule has 1 aromatic rings. The molecule has 1 rings (SSSR count). The van der Waals surface area contributed by atoms with Crippen LogP contribution in [-0.2, 0) is 6.54 Å². The summed E-state index contributed by atoms with van der Waals surface area (Å²) < 4.78 is 0. The molecule has 0 heterocycles. The van der Waals surface area contributed by atoms with E-state index in [1.165, 1.54) is 0 Å². The van der Waals surface area contributed by atoms with E-state index in [2.05, 4.69) is 18.1 Å². The van der Waals surface area contributed by atoms with Crippen molar-refractivity contribution in [3.05, 3.63) is 55.1 Å². The quantitative estimate of drug-likeness (QED) is 0.531. The van der Waals surface area contributed by atoms with Gasteiger partial charge in [0.15, 0.2) is 0 Å². The first-order chi connectivity index (χ1) is 8.19. The van der Waals surface area contributed by atoms with Crippen molar-refractivity contribution in [2.45, 2.75) is 6.54 Å². The fourth-order valence-electron chi connectivity index (χ4n) is 1.74. The van der Waals surface area contributed by atoms with Crippen molar-refractivity contribution in [3.63, 3.8) is 0 Å². The molecule has 0 radical (unpaired) electrons. The van der Waals surface area contributed by atoms with Gasteiger partial charge >= 0.3 is 7.12 Å². The zero-order valence-electron chi connectivity index (χ0n) is 9.92. The molecule has 0 bridgehead atoms. The Morgan fingerprint density at radius 3 is 2.24 bits per heavy atom. The van der Waals surface area contributed by atoms with Crippen molar-refractivity contribution in [3.8, 4) is 0 Å². The molecule has 0 aliphatic carbocycles. The van der Waals surface area contributed by atoms with Crippen LogP contribution in [0.15, 0.2) is 49.6 Å². The van der Waals surface area contributed by atoms with Gasteiger partial charge in [-0.25, -0.2) is 0 Å². The van der Waals surface area contributed by atoms with Crippen LogP contribution < -0.4 is 5.46 Å². The van der Waals surface area contributed by atoms with Crippen LogP contribution in [0.1, 0.15) is 5.56 Å². The Morgan fingerprint density at radius 1 is 1.12 bits per heavy atom. The van der Waals surface area contributed by atoms with Gasteiger partial charge in [-0.15, -0.1) is 13.2 Å². The molecule has 0 saturated heterocycles. The average Bonchev–Trinajstić information content (AvgIpc) is 2.30. The zero-order valence-corrected chi connectivity index (χ0v) is 9.92. The zero-order chi connectivity index (χ0) is 12.7. The third kappa shape index (κ3) is 4.19. The van der Waals surface area contributed by atoms with E-state index >= 15 is 0 Å². The van der Waals surface area contributed by atoms with Gasteiger partial charge in [-0.3, -0.25) is 4.90 Å². The van der Waals surface area contributed by atoms with Gasteiger partial charge in [-0.1, -0.05) is 36.4 Å². The van der Waals surface area contributed by atoms with E-state index in [0.29, 0.717) is 12.0 Å². The monoisotopic (exact) mass is 231 g/mol. The van der Waals surface area contributed by atoms with Crippen molar-refractivity contribution in [2.24, 2.45) is 0 Å². The first-order valence-corrected chi connectivity index (χ1v) is 5.57. The van der Waals surface area contributed by atoms with Gasteiger partial charge < -0.3 is 10.0 Å². The number of nitrogens with zero attached hydrogens (tertiary/aromatic N) is 1. The van der Waals surface area contributed by atoms with Gasteiger partial charge in [0.25, 0.3) is 0 Å². The fraction of sp³-hybridized carbons (Fsp3) is 0.231. The van der Waals surface area contributed by atoms with Crippen LogP contribution in [0.2, 0.25) is 0 Å². The van der Waals surface area contributed by atoms with Gasteiger partial charge in [0.1, 0.15) is 0 Å². The molecule has 1 aromatic carbocycles. The van der Waals surface area contributed by atoms with E-state index in [9.17, 15) is 10.0 Å². The Balaban J connectivity index is 2.84. The first kappa shape index (κ1) is 13.7. The average molecular weight is 231 g/mol. The smallest absolute Gasteiger partial charge is 0.423 e. The molecule has 0 aliphatic heterocycles. The number of rotatable bonds is 7. The topological polar surface area (TPSA) is 43.7 Å². The Morgan fingerprint density at radius 2 is 1.71 bits per heavy atom. The fourth-order valence-corrected chi connectivity index (χ4v) is 1.74. The van der Waals surface area contributed by atoms with Crippen LogP contribution in [0.5, 0.6) is 0 Å². The lowest BCUT2D eigenvalue weighted by atomic mass is 9.77. The third-order valence-electron chi connectivity index (χ3n) is 2.50. The van der Waals surface area contributed by atoms with E-state index < -0.39 is 7.12 Å². The summed E-state index contributed by atoms with van der Waals surface area (Å²) in [5.74, 6) is 0. The Hall–Kier alpha value is -1.36. The SMILES string of the molecule is C=CCN(CC=C)Cc1ccccc1B(O)O. The second-order valence-corrected chi connectivity index (χ2v) is 3.84. The summed E-state index contributed by atoms with van der Waals surface area (Å²) in [6, 6.07) is 7.30. The lowest BCUT2D eigenvalue weighted by Gasteiger charge is -2.20. The standard InChI is InChI=1S/C13H18BNO2/c1-3-9-15(10-4-2)11-12-7-5-6-8-13(12)14(16)17/h3-8,16-17H,1-2,9-11H2. The Kier molecular flexibility index (Phi) is 5.70. The second-order valence-electron chi connectivity index (χ2n) is 3.84. The summed E-state index contributed by atoms with van der Waals surface area (Å²) in [6.07, 6.45) is 3.64. The van der Waals surface area contributed by atoms with Crippen molar-refractivity contribution in [2.75, 3.05) is 13.1 Å². The van der Waals surface area contributed by atoms with Gasteiger partial charge in [-0.05, 0) is 11.0 Å². The molecule has 2 N–H and O–H groups in total. The highest BCUT2D eigenvalue weighted by atomic mass is 16.4. The number of benzene rings is 1. The second kappa shape index (κ2) is 7.07. The maximum absolute atomic E-state index is 9.27. The van der Waals surface area contributed by atoms with Crippen LogP contribution >= 0.6 is 0 Å². The summed E-state index contributed by atoms with van der Waals surface area (Å²) in [6.45, 7) is 9.53. The van der Waals surface area contributed by atoms with Crippen molar-refractivity contribution >= 4 is 12.6 Å². The molecule has 0 amide bonds. The largest absolute Gasteiger partial charge is 0.488 e. The van der Waals surface area contributed by atoms with E-state index in [1.807, 2.05) is 24.3 Å². The molecule has 0 saturated carbocycles. The molecule has 3 nitrogen and oxygen atoms in total. The Bertz CT molecular complexity index is 369. The minimum absolute atomic E-state index is 0.547. The summed E-state index contributed by atoms with van der Waals surface area (Å²) in [7, 11) is -1.43. The molecule has 0 aromatic heterocycles. The number of hydrogen-bond acceptors (Lipinski definition) is 3. The predicted molar refractivity (Wildman–Crippen MR) is 71.9 cm³/mol. The van der Waals surface area contributed by atoms with Gasteiger partial charge in [-0.2, -0.15) is 0 Å². The van der Waals surface area contributed by atoms with Crippen LogP contribution in [-0.4, -0.2) is 35.2 Å². The minimum Gasteiger partial charge on any atom is -0.423 e. The summed E-state index contributed by atoms with van der Waals surface area (Å²) in [5.41, 5.74) is 1.46. The highest BCUT2D eigenvalue weighted by Gasteiger charge is 2.16. The lowest BCUT2D eigenvalue weighted by molar-refractivity contribution is 0.328. The van der Waals surface area contributed by atoms with Crippen LogP contribution in [0.3, 0.4) is 0 Å². The normalized spacial score (nSPS) is 10.3. The van der Waals surface area contributed by atoms with Crippen molar-refractivity contribution < 1.29 is 10.0 Å². The van der Waals surface area contributed by atoms with E-state index in [-0.39, 0.29) is 0 Å². The maximum atomic E-state index is 9.27. The molecule has 0 fully saturated rings. The van der Waals surface area contributed by atoms with Crippen molar-refractivity contribution in [1.29, 1.82) is 0 Å². The molecular weight excluding hydrogens is 213 g/mol. The summed E-state index contributed by atoms with van der Waals surface area (Å²) >= 11 is 0. The highest BCUT2D eigenvalue weighted by molar-refractivity contribution is 6.59. The predicted octanol–water partition coefficient (Wildman–Crippen LogP) is 0.540. The molecule has 0 spiro atoms. The Labute approximate surface area is 103 Å². The first-order valence-electron chi connectivity index (χ1n) is 5.57. The van der Waals surface area contributed by atoms with E-state index in [0.717, 1.165) is 18.7 Å². The van der Waals surface area contributed by atoms with E-state index in [1.54, 1.807) is 12.1 Å².